The summed E-state index contributed by atoms with van der Waals surface area (Å²) in [6.45, 7) is 8.09. The molecule has 0 saturated carbocycles. The second kappa shape index (κ2) is 9.09. The number of nitrogens with one attached hydrogen (secondary N) is 1. The molecule has 0 radical (unpaired) electrons. The van der Waals surface area contributed by atoms with Gasteiger partial charge in [0.25, 0.3) is 0 Å². The van der Waals surface area contributed by atoms with Crippen molar-refractivity contribution in [3.05, 3.63) is 77.4 Å². The molecule has 4 rings (SSSR count). The number of aryl methyl sites for hydroxylation is 1. The van der Waals surface area contributed by atoms with Crippen LogP contribution in [0.4, 0.5) is 0 Å². The van der Waals surface area contributed by atoms with Gasteiger partial charge in [-0.2, -0.15) is 0 Å². The number of phenolic OH excluding ortho intramolecular Hbond substituents is 1. The summed E-state index contributed by atoms with van der Waals surface area (Å²) >= 11 is 0. The van der Waals surface area contributed by atoms with Crippen LogP contribution in [0.5, 0.6) is 5.75 Å². The van der Waals surface area contributed by atoms with Crippen molar-refractivity contribution in [1.82, 2.24) is 5.32 Å². The standard InChI is InChI=1S/C11H10.C9H11NO.C2H6/c1-9-5-4-7-10-6-2-3-8-11(9)10;11-9-2-1-7-3-4-10-6-8(7)5-9;1-2/h2-8H,1H3;1-2,5,10-11H,3-4,6H2;1-2H3. The molecule has 0 aliphatic carbocycles. The maximum atomic E-state index is 9.16. The van der Waals surface area contributed by atoms with E-state index in [-0.39, 0.29) is 0 Å². The Hall–Kier alpha value is -2.32. The first kappa shape index (κ1) is 18.0. The molecule has 3 aromatic rings. The first-order valence-corrected chi connectivity index (χ1v) is 8.70. The zero-order valence-corrected chi connectivity index (χ0v) is 14.8. The number of benzene rings is 3. The Kier molecular flexibility index (Phi) is 6.83. The van der Waals surface area contributed by atoms with E-state index in [1.807, 2.05) is 26.0 Å². The third kappa shape index (κ3) is 4.59. The van der Waals surface area contributed by atoms with E-state index in [2.05, 4.69) is 54.7 Å². The fourth-order valence-corrected chi connectivity index (χ4v) is 2.85. The minimum absolute atomic E-state index is 0.368. The molecular formula is C22H27NO. The summed E-state index contributed by atoms with van der Waals surface area (Å²) in [5, 5.41) is 15.1. The normalized spacial score (nSPS) is 12.3. The van der Waals surface area contributed by atoms with Crippen LogP contribution in [0, 0.1) is 6.92 Å². The van der Waals surface area contributed by atoms with Crippen molar-refractivity contribution in [3.8, 4) is 5.75 Å². The van der Waals surface area contributed by atoms with Gasteiger partial charge in [0.05, 0.1) is 0 Å². The second-order valence-electron chi connectivity index (χ2n) is 5.68. The molecular weight excluding hydrogens is 294 g/mol. The zero-order chi connectivity index (χ0) is 17.4. The lowest BCUT2D eigenvalue weighted by Crippen LogP contribution is -2.23. The first-order chi connectivity index (χ1) is 11.7. The van der Waals surface area contributed by atoms with E-state index in [9.17, 15) is 0 Å². The van der Waals surface area contributed by atoms with E-state index in [0.717, 1.165) is 19.5 Å². The van der Waals surface area contributed by atoms with Crippen LogP contribution in [0.3, 0.4) is 0 Å². The van der Waals surface area contributed by atoms with Crippen LogP contribution < -0.4 is 5.32 Å². The number of hydrogen-bond donors (Lipinski definition) is 2. The topological polar surface area (TPSA) is 32.3 Å². The number of fused-ring (bicyclic) bond motifs is 2. The van der Waals surface area contributed by atoms with Crippen LogP contribution in [0.15, 0.2) is 60.7 Å². The van der Waals surface area contributed by atoms with Gasteiger partial charge in [-0.1, -0.05) is 62.4 Å². The molecule has 0 atom stereocenters. The molecule has 3 aromatic carbocycles. The van der Waals surface area contributed by atoms with E-state index in [0.29, 0.717) is 5.75 Å². The van der Waals surface area contributed by atoms with Gasteiger partial charge in [0.1, 0.15) is 5.75 Å². The van der Waals surface area contributed by atoms with Gasteiger partial charge in [-0.05, 0) is 59.5 Å². The Morgan fingerprint density at radius 3 is 2.42 bits per heavy atom. The quantitative estimate of drug-likeness (QED) is 0.595. The van der Waals surface area contributed by atoms with Crippen LogP contribution in [0.25, 0.3) is 10.8 Å². The van der Waals surface area contributed by atoms with Crippen LogP contribution in [-0.4, -0.2) is 11.7 Å². The highest BCUT2D eigenvalue weighted by molar-refractivity contribution is 5.85. The molecule has 2 nitrogen and oxygen atoms in total. The molecule has 0 bridgehead atoms. The molecule has 0 aromatic heterocycles. The SMILES string of the molecule is CC.Cc1cccc2ccccc12.Oc1ccc2c(c1)CNCC2. The van der Waals surface area contributed by atoms with Crippen molar-refractivity contribution in [2.45, 2.75) is 33.7 Å². The summed E-state index contributed by atoms with van der Waals surface area (Å²) in [6.07, 6.45) is 1.08. The molecule has 1 heterocycles. The highest BCUT2D eigenvalue weighted by atomic mass is 16.3. The van der Waals surface area contributed by atoms with E-state index in [1.54, 1.807) is 6.07 Å². The van der Waals surface area contributed by atoms with Crippen LogP contribution >= 0.6 is 0 Å². The molecule has 0 saturated heterocycles. The molecule has 1 aliphatic rings. The van der Waals surface area contributed by atoms with Crippen molar-refractivity contribution in [2.24, 2.45) is 0 Å². The molecule has 2 heteroatoms. The van der Waals surface area contributed by atoms with E-state index in [4.69, 9.17) is 5.11 Å². The van der Waals surface area contributed by atoms with Crippen molar-refractivity contribution in [3.63, 3.8) is 0 Å². The number of hydrogen-bond acceptors (Lipinski definition) is 2. The predicted octanol–water partition coefficient (Wildman–Crippen LogP) is 5.21. The summed E-state index contributed by atoms with van der Waals surface area (Å²) in [5.74, 6) is 0.368. The Morgan fingerprint density at radius 2 is 1.62 bits per heavy atom. The number of phenols is 1. The van der Waals surface area contributed by atoms with Crippen LogP contribution in [0.2, 0.25) is 0 Å². The highest BCUT2D eigenvalue weighted by Gasteiger charge is 2.07. The molecule has 1 aliphatic heterocycles. The molecule has 126 valence electrons. The monoisotopic (exact) mass is 321 g/mol. The van der Waals surface area contributed by atoms with E-state index < -0.39 is 0 Å². The van der Waals surface area contributed by atoms with Crippen molar-refractivity contribution in [2.75, 3.05) is 6.54 Å². The van der Waals surface area contributed by atoms with Gasteiger partial charge >= 0.3 is 0 Å². The summed E-state index contributed by atoms with van der Waals surface area (Å²) in [6, 6.07) is 20.4. The van der Waals surface area contributed by atoms with Crippen molar-refractivity contribution < 1.29 is 5.11 Å². The summed E-state index contributed by atoms with van der Waals surface area (Å²) in [5.41, 5.74) is 3.95. The van der Waals surface area contributed by atoms with Crippen LogP contribution in [0.1, 0.15) is 30.5 Å². The molecule has 0 amide bonds. The van der Waals surface area contributed by atoms with Gasteiger partial charge in [0.2, 0.25) is 0 Å². The zero-order valence-electron chi connectivity index (χ0n) is 14.8. The van der Waals surface area contributed by atoms with E-state index >= 15 is 0 Å². The molecule has 2 N–H and O–H groups in total. The van der Waals surface area contributed by atoms with Gasteiger partial charge in [-0.25, -0.2) is 0 Å². The van der Waals surface area contributed by atoms with E-state index in [1.165, 1.54) is 27.5 Å². The summed E-state index contributed by atoms with van der Waals surface area (Å²) in [4.78, 5) is 0. The first-order valence-electron chi connectivity index (χ1n) is 8.70. The Balaban J connectivity index is 0.000000158. The maximum Gasteiger partial charge on any atom is 0.115 e. The molecule has 24 heavy (non-hydrogen) atoms. The summed E-state index contributed by atoms with van der Waals surface area (Å²) < 4.78 is 0. The fraction of sp³-hybridized carbons (Fsp3) is 0.273. The Morgan fingerprint density at radius 1 is 0.875 bits per heavy atom. The lowest BCUT2D eigenvalue weighted by atomic mass is 10.0. The molecule has 0 spiro atoms. The summed E-state index contributed by atoms with van der Waals surface area (Å²) in [7, 11) is 0. The van der Waals surface area contributed by atoms with Gasteiger partial charge in [0, 0.05) is 6.54 Å². The van der Waals surface area contributed by atoms with Gasteiger partial charge in [-0.3, -0.25) is 0 Å². The molecule has 0 fully saturated rings. The highest BCUT2D eigenvalue weighted by Crippen LogP contribution is 2.19. The number of rotatable bonds is 0. The second-order valence-corrected chi connectivity index (χ2v) is 5.68. The third-order valence-corrected chi connectivity index (χ3v) is 4.08. The average molecular weight is 321 g/mol. The van der Waals surface area contributed by atoms with Crippen molar-refractivity contribution in [1.29, 1.82) is 0 Å². The average Bonchev–Trinajstić information content (AvgIpc) is 2.64. The fourth-order valence-electron chi connectivity index (χ4n) is 2.85. The largest absolute Gasteiger partial charge is 0.508 e. The van der Waals surface area contributed by atoms with Crippen molar-refractivity contribution >= 4 is 10.8 Å². The minimum Gasteiger partial charge on any atom is -0.508 e. The van der Waals surface area contributed by atoms with Gasteiger partial charge < -0.3 is 10.4 Å². The van der Waals surface area contributed by atoms with Gasteiger partial charge in [-0.15, -0.1) is 0 Å². The lowest BCUT2D eigenvalue weighted by Gasteiger charge is -2.16. The lowest BCUT2D eigenvalue weighted by molar-refractivity contribution is 0.473. The number of aromatic hydroxyl groups is 1. The molecule has 0 unspecified atom stereocenters. The van der Waals surface area contributed by atoms with Gasteiger partial charge in [0.15, 0.2) is 0 Å². The Bertz CT molecular complexity index is 775. The third-order valence-electron chi connectivity index (χ3n) is 4.08. The predicted molar refractivity (Wildman–Crippen MR) is 104 cm³/mol. The smallest absolute Gasteiger partial charge is 0.115 e. The Labute approximate surface area is 145 Å². The minimum atomic E-state index is 0.368. The maximum absolute atomic E-state index is 9.16. The van der Waals surface area contributed by atoms with Crippen LogP contribution in [-0.2, 0) is 13.0 Å².